The van der Waals surface area contributed by atoms with E-state index in [1.165, 1.54) is 7.11 Å². The van der Waals surface area contributed by atoms with Gasteiger partial charge in [0, 0.05) is 12.7 Å². The van der Waals surface area contributed by atoms with E-state index in [1.54, 1.807) is 7.05 Å². The SMILES string of the molecule is CNC(O)C(O)C1OC(c2ccccc2)OCC1OC. The number of methoxy groups -OCH3 is 1. The van der Waals surface area contributed by atoms with Crippen molar-refractivity contribution in [2.75, 3.05) is 20.8 Å². The van der Waals surface area contributed by atoms with Gasteiger partial charge in [0.15, 0.2) is 6.29 Å². The molecule has 0 spiro atoms. The molecule has 1 aliphatic rings. The predicted octanol–water partition coefficient (Wildman–Crippen LogP) is 0.0143. The van der Waals surface area contributed by atoms with Crippen LogP contribution in [0, 0.1) is 0 Å². The average molecular weight is 283 g/mol. The zero-order valence-electron chi connectivity index (χ0n) is 11.6. The molecule has 20 heavy (non-hydrogen) atoms. The van der Waals surface area contributed by atoms with E-state index < -0.39 is 30.8 Å². The van der Waals surface area contributed by atoms with Crippen LogP contribution in [-0.2, 0) is 14.2 Å². The van der Waals surface area contributed by atoms with Gasteiger partial charge in [-0.05, 0) is 7.05 Å². The van der Waals surface area contributed by atoms with Crippen LogP contribution < -0.4 is 5.32 Å². The summed E-state index contributed by atoms with van der Waals surface area (Å²) >= 11 is 0. The van der Waals surface area contributed by atoms with Gasteiger partial charge in [0.05, 0.1) is 6.61 Å². The summed E-state index contributed by atoms with van der Waals surface area (Å²) in [5.74, 6) is 0. The lowest BCUT2D eigenvalue weighted by Gasteiger charge is -2.39. The Morgan fingerprint density at radius 3 is 2.60 bits per heavy atom. The maximum atomic E-state index is 10.1. The van der Waals surface area contributed by atoms with Crippen LogP contribution in [0.3, 0.4) is 0 Å². The smallest absolute Gasteiger partial charge is 0.184 e. The van der Waals surface area contributed by atoms with Crippen LogP contribution in [0.4, 0.5) is 0 Å². The normalized spacial score (nSPS) is 29.9. The lowest BCUT2D eigenvalue weighted by atomic mass is 10.0. The zero-order chi connectivity index (χ0) is 14.5. The first-order valence-electron chi connectivity index (χ1n) is 6.55. The summed E-state index contributed by atoms with van der Waals surface area (Å²) in [5.41, 5.74) is 0.859. The molecule has 3 N–H and O–H groups in total. The standard InChI is InChI=1S/C14H21NO5/c1-15-13(17)11(16)12-10(18-2)8-19-14(20-12)9-6-4-3-5-7-9/h3-7,10-17H,8H2,1-2H3. The van der Waals surface area contributed by atoms with Crippen molar-refractivity contribution in [2.24, 2.45) is 0 Å². The number of ether oxygens (including phenoxy) is 3. The van der Waals surface area contributed by atoms with Crippen LogP contribution in [0.15, 0.2) is 30.3 Å². The van der Waals surface area contributed by atoms with E-state index in [2.05, 4.69) is 5.32 Å². The first-order valence-corrected chi connectivity index (χ1v) is 6.55. The molecule has 5 unspecified atom stereocenters. The Kier molecular flexibility index (Phi) is 5.47. The second-order valence-corrected chi connectivity index (χ2v) is 4.67. The minimum atomic E-state index is -1.11. The van der Waals surface area contributed by atoms with Gasteiger partial charge in [-0.2, -0.15) is 0 Å². The van der Waals surface area contributed by atoms with Crippen molar-refractivity contribution in [1.29, 1.82) is 0 Å². The van der Waals surface area contributed by atoms with Crippen molar-refractivity contribution in [1.82, 2.24) is 5.32 Å². The van der Waals surface area contributed by atoms with Gasteiger partial charge in [-0.1, -0.05) is 30.3 Å². The molecule has 0 bridgehead atoms. The molecule has 0 radical (unpaired) electrons. The summed E-state index contributed by atoms with van der Waals surface area (Å²) in [6.07, 6.45) is -3.90. The van der Waals surface area contributed by atoms with E-state index in [-0.39, 0.29) is 6.61 Å². The summed E-state index contributed by atoms with van der Waals surface area (Å²) in [4.78, 5) is 0. The van der Waals surface area contributed by atoms with Crippen molar-refractivity contribution < 1.29 is 24.4 Å². The van der Waals surface area contributed by atoms with Crippen LogP contribution in [0.5, 0.6) is 0 Å². The molecular formula is C14H21NO5. The highest BCUT2D eigenvalue weighted by molar-refractivity contribution is 5.16. The third kappa shape index (κ3) is 3.35. The summed E-state index contributed by atoms with van der Waals surface area (Å²) in [7, 11) is 3.08. The lowest BCUT2D eigenvalue weighted by molar-refractivity contribution is -0.288. The average Bonchev–Trinajstić information content (AvgIpc) is 2.53. The highest BCUT2D eigenvalue weighted by Crippen LogP contribution is 2.29. The number of likely N-dealkylation sites (N-methyl/N-ethyl adjacent to an activating group) is 1. The highest BCUT2D eigenvalue weighted by Gasteiger charge is 2.40. The number of hydrogen-bond donors (Lipinski definition) is 3. The number of aliphatic hydroxyl groups is 2. The molecule has 0 aromatic heterocycles. The predicted molar refractivity (Wildman–Crippen MR) is 71.9 cm³/mol. The van der Waals surface area contributed by atoms with Crippen molar-refractivity contribution in [3.63, 3.8) is 0 Å². The highest BCUT2D eigenvalue weighted by atomic mass is 16.7. The largest absolute Gasteiger partial charge is 0.386 e. The monoisotopic (exact) mass is 283 g/mol. The Bertz CT molecular complexity index is 402. The summed E-state index contributed by atoms with van der Waals surface area (Å²) in [5, 5.41) is 22.4. The molecule has 112 valence electrons. The van der Waals surface area contributed by atoms with Gasteiger partial charge < -0.3 is 24.4 Å². The molecule has 1 heterocycles. The minimum Gasteiger partial charge on any atom is -0.386 e. The summed E-state index contributed by atoms with van der Waals surface area (Å²) < 4.78 is 16.6. The molecule has 0 amide bonds. The van der Waals surface area contributed by atoms with Gasteiger partial charge in [-0.3, -0.25) is 5.32 Å². The molecule has 6 nitrogen and oxygen atoms in total. The van der Waals surface area contributed by atoms with Gasteiger partial charge in [0.25, 0.3) is 0 Å². The van der Waals surface area contributed by atoms with E-state index in [0.29, 0.717) is 0 Å². The van der Waals surface area contributed by atoms with Crippen molar-refractivity contribution in [3.8, 4) is 0 Å². The van der Waals surface area contributed by atoms with E-state index in [9.17, 15) is 10.2 Å². The Hall–Kier alpha value is -1.02. The molecule has 1 aromatic carbocycles. The van der Waals surface area contributed by atoms with Crippen LogP contribution in [0.2, 0.25) is 0 Å². The first kappa shape index (κ1) is 15.4. The Balaban J connectivity index is 2.11. The van der Waals surface area contributed by atoms with E-state index in [1.807, 2.05) is 30.3 Å². The molecular weight excluding hydrogens is 262 g/mol. The molecule has 1 saturated heterocycles. The van der Waals surface area contributed by atoms with Gasteiger partial charge in [-0.25, -0.2) is 0 Å². The van der Waals surface area contributed by atoms with Crippen molar-refractivity contribution in [2.45, 2.75) is 30.8 Å². The minimum absolute atomic E-state index is 0.286. The summed E-state index contributed by atoms with van der Waals surface area (Å²) in [6.45, 7) is 0.286. The van der Waals surface area contributed by atoms with E-state index >= 15 is 0 Å². The summed E-state index contributed by atoms with van der Waals surface area (Å²) in [6, 6.07) is 9.45. The molecule has 1 fully saturated rings. The fourth-order valence-electron chi connectivity index (χ4n) is 2.18. The van der Waals surface area contributed by atoms with Crippen LogP contribution >= 0.6 is 0 Å². The van der Waals surface area contributed by atoms with Crippen LogP contribution in [0.25, 0.3) is 0 Å². The van der Waals surface area contributed by atoms with Gasteiger partial charge in [0.1, 0.15) is 24.5 Å². The molecule has 1 aromatic rings. The second-order valence-electron chi connectivity index (χ2n) is 4.67. The molecule has 0 saturated carbocycles. The Morgan fingerprint density at radius 2 is 2.00 bits per heavy atom. The first-order chi connectivity index (χ1) is 9.67. The molecule has 5 atom stereocenters. The number of hydrogen-bond acceptors (Lipinski definition) is 6. The van der Waals surface area contributed by atoms with Gasteiger partial charge in [-0.15, -0.1) is 0 Å². The quantitative estimate of drug-likeness (QED) is 0.661. The fourth-order valence-corrected chi connectivity index (χ4v) is 2.18. The van der Waals surface area contributed by atoms with Gasteiger partial charge in [0.2, 0.25) is 0 Å². The molecule has 6 heteroatoms. The Labute approximate surface area is 118 Å². The van der Waals surface area contributed by atoms with E-state index in [4.69, 9.17) is 14.2 Å². The number of aliphatic hydroxyl groups excluding tert-OH is 2. The van der Waals surface area contributed by atoms with Crippen molar-refractivity contribution >= 4 is 0 Å². The van der Waals surface area contributed by atoms with E-state index in [0.717, 1.165) is 5.56 Å². The maximum Gasteiger partial charge on any atom is 0.184 e. The third-order valence-corrected chi connectivity index (χ3v) is 3.39. The molecule has 0 aliphatic carbocycles. The third-order valence-electron chi connectivity index (χ3n) is 3.39. The maximum absolute atomic E-state index is 10.1. The van der Waals surface area contributed by atoms with Crippen LogP contribution in [-0.4, -0.2) is 55.5 Å². The molecule has 2 rings (SSSR count). The van der Waals surface area contributed by atoms with Gasteiger partial charge >= 0.3 is 0 Å². The van der Waals surface area contributed by atoms with Crippen molar-refractivity contribution in [3.05, 3.63) is 35.9 Å². The Morgan fingerprint density at radius 1 is 1.30 bits per heavy atom. The fraction of sp³-hybridized carbons (Fsp3) is 0.571. The van der Waals surface area contributed by atoms with Crippen LogP contribution in [0.1, 0.15) is 11.9 Å². The lowest BCUT2D eigenvalue weighted by Crippen LogP contribution is -2.55. The second kappa shape index (κ2) is 7.12. The number of rotatable bonds is 5. The zero-order valence-corrected chi connectivity index (χ0v) is 11.6. The molecule has 1 aliphatic heterocycles. The number of benzene rings is 1. The topological polar surface area (TPSA) is 80.2 Å². The number of nitrogens with one attached hydrogen (secondary N) is 1.